The summed E-state index contributed by atoms with van der Waals surface area (Å²) in [5.41, 5.74) is 0. The summed E-state index contributed by atoms with van der Waals surface area (Å²) in [7, 11) is 0. The first kappa shape index (κ1) is 7.06. The Morgan fingerprint density at radius 1 is 1.55 bits per heavy atom. The molecule has 0 aromatic carbocycles. The van der Waals surface area contributed by atoms with Gasteiger partial charge in [0.2, 0.25) is 5.91 Å². The second-order valence-electron chi connectivity index (χ2n) is 3.04. The lowest BCUT2D eigenvalue weighted by Gasteiger charge is -2.38. The summed E-state index contributed by atoms with van der Waals surface area (Å²) in [5.74, 6) is -0.483. The van der Waals surface area contributed by atoms with Gasteiger partial charge in [-0.2, -0.15) is 0 Å². The highest BCUT2D eigenvalue weighted by Gasteiger charge is 2.46. The van der Waals surface area contributed by atoms with Crippen molar-refractivity contribution in [1.82, 2.24) is 5.32 Å². The normalized spacial score (nSPS) is 34.6. The van der Waals surface area contributed by atoms with Crippen molar-refractivity contribution in [3.8, 4) is 0 Å². The number of hydrogen-bond acceptors (Lipinski definition) is 3. The van der Waals surface area contributed by atoms with Crippen LogP contribution in [0, 0.1) is 0 Å². The molecular weight excluding hydrogens is 146 g/mol. The van der Waals surface area contributed by atoms with E-state index in [0.29, 0.717) is 19.6 Å². The third-order valence-electron chi connectivity index (χ3n) is 2.22. The maximum atomic E-state index is 10.6. The van der Waals surface area contributed by atoms with Crippen LogP contribution in [0.25, 0.3) is 0 Å². The lowest BCUT2D eigenvalue weighted by atomic mass is 9.98. The van der Waals surface area contributed by atoms with Gasteiger partial charge in [0.15, 0.2) is 5.79 Å². The Balaban J connectivity index is 1.98. The molecule has 11 heavy (non-hydrogen) atoms. The molecule has 0 saturated carbocycles. The summed E-state index contributed by atoms with van der Waals surface area (Å²) in [6, 6.07) is 0.0532. The van der Waals surface area contributed by atoms with Crippen LogP contribution in [-0.4, -0.2) is 30.9 Å². The highest BCUT2D eigenvalue weighted by atomic mass is 16.7. The fourth-order valence-electron chi connectivity index (χ4n) is 1.41. The number of nitrogens with one attached hydrogen (secondary N) is 1. The second-order valence-corrected chi connectivity index (χ2v) is 3.04. The Morgan fingerprint density at radius 2 is 2.09 bits per heavy atom. The van der Waals surface area contributed by atoms with Crippen LogP contribution in [0.1, 0.15) is 13.3 Å². The van der Waals surface area contributed by atoms with Crippen LogP contribution in [0.5, 0.6) is 0 Å². The molecule has 0 aliphatic carbocycles. The zero-order chi connectivity index (χ0) is 7.90. The molecule has 0 aromatic rings. The Labute approximate surface area is 64.9 Å². The summed E-state index contributed by atoms with van der Waals surface area (Å²) in [6.07, 6.45) is 0.524. The number of rotatable bonds is 1. The molecule has 4 heteroatoms. The monoisotopic (exact) mass is 157 g/mol. The van der Waals surface area contributed by atoms with E-state index < -0.39 is 5.79 Å². The van der Waals surface area contributed by atoms with Gasteiger partial charge in [0.05, 0.1) is 25.7 Å². The molecule has 2 heterocycles. The van der Waals surface area contributed by atoms with Crippen molar-refractivity contribution in [2.45, 2.75) is 25.2 Å². The molecule has 1 amide bonds. The molecule has 2 fully saturated rings. The van der Waals surface area contributed by atoms with E-state index in [1.54, 1.807) is 0 Å². The molecule has 0 unspecified atom stereocenters. The molecule has 4 nitrogen and oxygen atoms in total. The summed E-state index contributed by atoms with van der Waals surface area (Å²) in [6.45, 7) is 3.12. The van der Waals surface area contributed by atoms with Gasteiger partial charge in [-0.3, -0.25) is 4.79 Å². The summed E-state index contributed by atoms with van der Waals surface area (Å²) >= 11 is 0. The Morgan fingerprint density at radius 3 is 2.55 bits per heavy atom. The fourth-order valence-corrected chi connectivity index (χ4v) is 1.41. The van der Waals surface area contributed by atoms with Crippen molar-refractivity contribution in [3.05, 3.63) is 0 Å². The summed E-state index contributed by atoms with van der Waals surface area (Å²) in [4.78, 5) is 10.6. The first-order chi connectivity index (χ1) is 5.21. The van der Waals surface area contributed by atoms with Crippen LogP contribution >= 0.6 is 0 Å². The number of β-lactam (4-membered cyclic amide) rings is 1. The first-order valence-electron chi connectivity index (χ1n) is 3.78. The van der Waals surface area contributed by atoms with Gasteiger partial charge in [0.1, 0.15) is 0 Å². The topological polar surface area (TPSA) is 47.6 Å². The van der Waals surface area contributed by atoms with Gasteiger partial charge in [0.25, 0.3) is 0 Å². The predicted molar refractivity (Wildman–Crippen MR) is 36.9 cm³/mol. The van der Waals surface area contributed by atoms with Crippen LogP contribution in [0.4, 0.5) is 0 Å². The smallest absolute Gasteiger partial charge is 0.222 e. The largest absolute Gasteiger partial charge is 0.347 e. The van der Waals surface area contributed by atoms with Crippen molar-refractivity contribution in [2.75, 3.05) is 13.2 Å². The quantitative estimate of drug-likeness (QED) is 0.529. The first-order valence-corrected chi connectivity index (χ1v) is 3.78. The van der Waals surface area contributed by atoms with E-state index in [0.717, 1.165) is 0 Å². The van der Waals surface area contributed by atoms with Crippen molar-refractivity contribution < 1.29 is 14.3 Å². The molecular formula is C7H11NO3. The number of amides is 1. The Bertz CT molecular complexity index is 178. The molecule has 2 aliphatic rings. The minimum absolute atomic E-state index is 0.0532. The zero-order valence-electron chi connectivity index (χ0n) is 6.42. The van der Waals surface area contributed by atoms with Gasteiger partial charge in [0, 0.05) is 0 Å². The SMILES string of the molecule is CC1([C@@H]2CC(=O)N2)OCCO1. The van der Waals surface area contributed by atoms with E-state index in [9.17, 15) is 4.79 Å². The van der Waals surface area contributed by atoms with E-state index >= 15 is 0 Å². The van der Waals surface area contributed by atoms with Crippen LogP contribution in [0.2, 0.25) is 0 Å². The van der Waals surface area contributed by atoms with Crippen LogP contribution in [-0.2, 0) is 14.3 Å². The van der Waals surface area contributed by atoms with Crippen molar-refractivity contribution in [3.63, 3.8) is 0 Å². The average Bonchev–Trinajstić information content (AvgIpc) is 2.30. The lowest BCUT2D eigenvalue weighted by Crippen LogP contribution is -2.61. The molecule has 0 spiro atoms. The number of carbonyl (C=O) groups is 1. The van der Waals surface area contributed by atoms with Crippen molar-refractivity contribution in [2.24, 2.45) is 0 Å². The Hall–Kier alpha value is -0.610. The number of ether oxygens (including phenoxy) is 2. The third-order valence-corrected chi connectivity index (χ3v) is 2.22. The second kappa shape index (κ2) is 2.19. The van der Waals surface area contributed by atoms with Gasteiger partial charge in [-0.1, -0.05) is 0 Å². The van der Waals surface area contributed by atoms with E-state index in [4.69, 9.17) is 9.47 Å². The van der Waals surface area contributed by atoms with Gasteiger partial charge >= 0.3 is 0 Å². The minimum Gasteiger partial charge on any atom is -0.347 e. The van der Waals surface area contributed by atoms with Crippen LogP contribution in [0.3, 0.4) is 0 Å². The summed E-state index contributed by atoms with van der Waals surface area (Å²) < 4.78 is 10.7. The molecule has 62 valence electrons. The molecule has 0 bridgehead atoms. The molecule has 0 radical (unpaired) electrons. The van der Waals surface area contributed by atoms with Crippen LogP contribution < -0.4 is 5.32 Å². The Kier molecular flexibility index (Phi) is 1.40. The molecule has 1 atom stereocenters. The van der Waals surface area contributed by atoms with Crippen molar-refractivity contribution in [1.29, 1.82) is 0 Å². The van der Waals surface area contributed by atoms with E-state index in [-0.39, 0.29) is 11.9 Å². The van der Waals surface area contributed by atoms with Crippen LogP contribution in [0.15, 0.2) is 0 Å². The highest BCUT2D eigenvalue weighted by molar-refractivity contribution is 5.83. The van der Waals surface area contributed by atoms with Gasteiger partial charge in [-0.05, 0) is 6.92 Å². The zero-order valence-corrected chi connectivity index (χ0v) is 6.42. The minimum atomic E-state index is -0.562. The number of hydrogen-bond donors (Lipinski definition) is 1. The van der Waals surface area contributed by atoms with Gasteiger partial charge in [-0.15, -0.1) is 0 Å². The van der Waals surface area contributed by atoms with Crippen molar-refractivity contribution >= 4 is 5.91 Å². The molecule has 2 rings (SSSR count). The summed E-state index contributed by atoms with van der Waals surface area (Å²) in [5, 5.41) is 2.74. The van der Waals surface area contributed by atoms with E-state index in [2.05, 4.69) is 5.32 Å². The predicted octanol–water partition coefficient (Wildman–Crippen LogP) is -0.362. The molecule has 0 aromatic heterocycles. The third kappa shape index (κ3) is 1.02. The molecule has 2 saturated heterocycles. The van der Waals surface area contributed by atoms with E-state index in [1.165, 1.54) is 0 Å². The molecule has 1 N–H and O–H groups in total. The molecule has 2 aliphatic heterocycles. The standard InChI is InChI=1S/C7H11NO3/c1-7(10-2-3-11-7)5-4-6(9)8-5/h5H,2-4H2,1H3,(H,8,9)/t5-/m0/s1. The average molecular weight is 157 g/mol. The lowest BCUT2D eigenvalue weighted by molar-refractivity contribution is -0.184. The van der Waals surface area contributed by atoms with Gasteiger partial charge in [-0.25, -0.2) is 0 Å². The highest BCUT2D eigenvalue weighted by Crippen LogP contribution is 2.28. The maximum absolute atomic E-state index is 10.6. The maximum Gasteiger partial charge on any atom is 0.222 e. The van der Waals surface area contributed by atoms with E-state index in [1.807, 2.05) is 6.92 Å². The van der Waals surface area contributed by atoms with Gasteiger partial charge < -0.3 is 14.8 Å². The number of carbonyl (C=O) groups excluding carboxylic acids is 1. The fraction of sp³-hybridized carbons (Fsp3) is 0.857.